The van der Waals surface area contributed by atoms with Gasteiger partial charge in [0, 0.05) is 26.2 Å². The van der Waals surface area contributed by atoms with Crippen LogP contribution in [0.3, 0.4) is 0 Å². The number of rotatable bonds is 4. The molecule has 0 aromatic carbocycles. The van der Waals surface area contributed by atoms with Gasteiger partial charge >= 0.3 is 6.03 Å². The molecule has 1 N–H and O–H groups in total. The molecule has 2 aliphatic heterocycles. The molecule has 3 rings (SSSR count). The molecule has 4 nitrogen and oxygen atoms in total. The molecule has 4 heteroatoms. The topological polar surface area (TPSA) is 35.6 Å². The van der Waals surface area contributed by atoms with Crippen molar-refractivity contribution in [1.82, 2.24) is 15.1 Å². The minimum atomic E-state index is 0.255. The van der Waals surface area contributed by atoms with Crippen LogP contribution in [-0.4, -0.2) is 54.6 Å². The van der Waals surface area contributed by atoms with Crippen molar-refractivity contribution in [2.45, 2.75) is 50.6 Å². The summed E-state index contributed by atoms with van der Waals surface area (Å²) in [5.74, 6) is 0.772. The van der Waals surface area contributed by atoms with Crippen molar-refractivity contribution in [3.8, 4) is 0 Å². The van der Waals surface area contributed by atoms with Gasteiger partial charge in [0.1, 0.15) is 0 Å². The van der Waals surface area contributed by atoms with E-state index in [1.54, 1.807) is 0 Å². The van der Waals surface area contributed by atoms with E-state index in [-0.39, 0.29) is 6.03 Å². The molecule has 1 aliphatic carbocycles. The van der Waals surface area contributed by atoms with Gasteiger partial charge in [-0.25, -0.2) is 4.79 Å². The van der Waals surface area contributed by atoms with Crippen LogP contribution in [0.15, 0.2) is 0 Å². The summed E-state index contributed by atoms with van der Waals surface area (Å²) in [4.78, 5) is 16.3. The second kappa shape index (κ2) is 5.08. The summed E-state index contributed by atoms with van der Waals surface area (Å²) in [6.45, 7) is 3.06. The van der Waals surface area contributed by atoms with Gasteiger partial charge in [-0.1, -0.05) is 6.42 Å². The maximum Gasteiger partial charge on any atom is 0.320 e. The van der Waals surface area contributed by atoms with Gasteiger partial charge in [0.15, 0.2) is 0 Å². The molecule has 2 heterocycles. The van der Waals surface area contributed by atoms with Crippen LogP contribution in [-0.2, 0) is 0 Å². The predicted octanol–water partition coefficient (Wildman–Crippen LogP) is 1.66. The standard InChI is InChI=1S/C14H25N3O/c1-16-13(11-4-2-5-11)10-17(14(16)18)9-7-12-6-3-8-15-12/h11-13,15H,2-10H2,1H3. The molecule has 2 saturated heterocycles. The van der Waals surface area contributed by atoms with Crippen molar-refractivity contribution in [1.29, 1.82) is 0 Å². The summed E-state index contributed by atoms with van der Waals surface area (Å²) in [7, 11) is 1.99. The van der Waals surface area contributed by atoms with E-state index >= 15 is 0 Å². The average molecular weight is 251 g/mol. The number of carbonyl (C=O) groups excluding carboxylic acids is 1. The minimum Gasteiger partial charge on any atom is -0.323 e. The van der Waals surface area contributed by atoms with Gasteiger partial charge in [-0.05, 0) is 44.6 Å². The largest absolute Gasteiger partial charge is 0.323 e. The highest BCUT2D eigenvalue weighted by Crippen LogP contribution is 2.35. The lowest BCUT2D eigenvalue weighted by Gasteiger charge is -2.34. The van der Waals surface area contributed by atoms with E-state index in [0.717, 1.165) is 32.0 Å². The van der Waals surface area contributed by atoms with Gasteiger partial charge in [0.25, 0.3) is 0 Å². The van der Waals surface area contributed by atoms with Crippen molar-refractivity contribution in [2.24, 2.45) is 5.92 Å². The van der Waals surface area contributed by atoms with Crippen LogP contribution < -0.4 is 5.32 Å². The number of hydrogen-bond donors (Lipinski definition) is 1. The molecule has 102 valence electrons. The van der Waals surface area contributed by atoms with Gasteiger partial charge in [-0.3, -0.25) is 0 Å². The zero-order valence-electron chi connectivity index (χ0n) is 11.4. The number of amides is 2. The van der Waals surface area contributed by atoms with Crippen LogP contribution in [0.2, 0.25) is 0 Å². The molecule has 2 amide bonds. The first-order valence-corrected chi connectivity index (χ1v) is 7.51. The fourth-order valence-corrected chi connectivity index (χ4v) is 3.58. The molecule has 3 fully saturated rings. The Bertz CT molecular complexity index is 310. The van der Waals surface area contributed by atoms with E-state index in [4.69, 9.17) is 0 Å². The summed E-state index contributed by atoms with van der Waals surface area (Å²) in [5.41, 5.74) is 0. The normalized spacial score (nSPS) is 33.3. The van der Waals surface area contributed by atoms with E-state index in [1.165, 1.54) is 32.1 Å². The van der Waals surface area contributed by atoms with E-state index in [2.05, 4.69) is 10.2 Å². The van der Waals surface area contributed by atoms with Gasteiger partial charge in [0.05, 0.1) is 6.04 Å². The lowest BCUT2D eigenvalue weighted by Crippen LogP contribution is -2.39. The van der Waals surface area contributed by atoms with Gasteiger partial charge < -0.3 is 15.1 Å². The Balaban J connectivity index is 1.51. The molecule has 0 bridgehead atoms. The molecule has 3 aliphatic rings. The summed E-state index contributed by atoms with van der Waals surface area (Å²) >= 11 is 0. The van der Waals surface area contributed by atoms with Crippen LogP contribution >= 0.6 is 0 Å². The van der Waals surface area contributed by atoms with E-state index in [9.17, 15) is 4.79 Å². The maximum absolute atomic E-state index is 12.2. The van der Waals surface area contributed by atoms with E-state index in [1.807, 2.05) is 11.9 Å². The molecule has 2 unspecified atom stereocenters. The number of nitrogens with zero attached hydrogens (tertiary/aromatic N) is 2. The molecule has 2 atom stereocenters. The highest BCUT2D eigenvalue weighted by molar-refractivity contribution is 5.77. The lowest BCUT2D eigenvalue weighted by molar-refractivity contribution is 0.164. The van der Waals surface area contributed by atoms with Crippen molar-refractivity contribution in [2.75, 3.05) is 26.7 Å². The first-order chi connectivity index (χ1) is 8.75. The van der Waals surface area contributed by atoms with Crippen molar-refractivity contribution in [3.05, 3.63) is 0 Å². The van der Waals surface area contributed by atoms with Crippen molar-refractivity contribution >= 4 is 6.03 Å². The quantitative estimate of drug-likeness (QED) is 0.825. The van der Waals surface area contributed by atoms with Crippen LogP contribution in [0, 0.1) is 5.92 Å². The number of likely N-dealkylation sites (N-methyl/N-ethyl adjacent to an activating group) is 1. The second-order valence-electron chi connectivity index (χ2n) is 6.18. The third kappa shape index (κ3) is 2.22. The molecule has 0 spiro atoms. The third-order valence-electron chi connectivity index (χ3n) is 5.08. The van der Waals surface area contributed by atoms with Gasteiger partial charge in [-0.15, -0.1) is 0 Å². The Morgan fingerprint density at radius 2 is 2.11 bits per heavy atom. The lowest BCUT2D eigenvalue weighted by atomic mass is 9.79. The van der Waals surface area contributed by atoms with Crippen LogP contribution in [0.1, 0.15) is 38.5 Å². The smallest absolute Gasteiger partial charge is 0.320 e. The number of carbonyl (C=O) groups is 1. The highest BCUT2D eigenvalue weighted by atomic mass is 16.2. The summed E-state index contributed by atoms with van der Waals surface area (Å²) in [5, 5.41) is 3.51. The Hall–Kier alpha value is -0.770. The Labute approximate surface area is 110 Å². The summed E-state index contributed by atoms with van der Waals surface area (Å²) in [6, 6.07) is 1.39. The Kier molecular flexibility index (Phi) is 3.46. The first-order valence-electron chi connectivity index (χ1n) is 7.51. The molecule has 0 aromatic rings. The third-order valence-corrected chi connectivity index (χ3v) is 5.08. The SMILES string of the molecule is CN1C(=O)N(CCC2CCCN2)CC1C1CCC1. The monoisotopic (exact) mass is 251 g/mol. The molecule has 1 saturated carbocycles. The van der Waals surface area contributed by atoms with Crippen molar-refractivity contribution < 1.29 is 4.79 Å². The number of urea groups is 1. The molecule has 0 aromatic heterocycles. The fourth-order valence-electron chi connectivity index (χ4n) is 3.58. The van der Waals surface area contributed by atoms with Crippen LogP contribution in [0.5, 0.6) is 0 Å². The zero-order valence-corrected chi connectivity index (χ0v) is 11.4. The first kappa shape index (κ1) is 12.3. The number of hydrogen-bond acceptors (Lipinski definition) is 2. The second-order valence-corrected chi connectivity index (χ2v) is 6.18. The fraction of sp³-hybridized carbons (Fsp3) is 0.929. The number of nitrogens with one attached hydrogen (secondary N) is 1. The van der Waals surface area contributed by atoms with Gasteiger partial charge in [-0.2, -0.15) is 0 Å². The average Bonchev–Trinajstić information content (AvgIpc) is 2.89. The van der Waals surface area contributed by atoms with Crippen LogP contribution in [0.4, 0.5) is 4.79 Å². The maximum atomic E-state index is 12.2. The molecular formula is C14H25N3O. The Morgan fingerprint density at radius 3 is 2.72 bits per heavy atom. The van der Waals surface area contributed by atoms with Gasteiger partial charge in [0.2, 0.25) is 0 Å². The molecule has 0 radical (unpaired) electrons. The highest BCUT2D eigenvalue weighted by Gasteiger charge is 2.40. The Morgan fingerprint density at radius 1 is 1.28 bits per heavy atom. The van der Waals surface area contributed by atoms with E-state index < -0.39 is 0 Å². The van der Waals surface area contributed by atoms with E-state index in [0.29, 0.717) is 12.1 Å². The minimum absolute atomic E-state index is 0.255. The molecule has 18 heavy (non-hydrogen) atoms. The zero-order chi connectivity index (χ0) is 12.5. The van der Waals surface area contributed by atoms with Crippen molar-refractivity contribution in [3.63, 3.8) is 0 Å². The predicted molar refractivity (Wildman–Crippen MR) is 71.5 cm³/mol. The van der Waals surface area contributed by atoms with Crippen LogP contribution in [0.25, 0.3) is 0 Å². The summed E-state index contributed by atoms with van der Waals surface area (Å²) < 4.78 is 0. The summed E-state index contributed by atoms with van der Waals surface area (Å²) in [6.07, 6.45) is 7.69. The molecular weight excluding hydrogens is 226 g/mol.